The maximum absolute atomic E-state index is 11.8. The van der Waals surface area contributed by atoms with Crippen molar-refractivity contribution in [3.8, 4) is 0 Å². The first-order chi connectivity index (χ1) is 9.19. The van der Waals surface area contributed by atoms with Gasteiger partial charge in [0.2, 0.25) is 11.8 Å². The van der Waals surface area contributed by atoms with E-state index in [-0.39, 0.29) is 18.2 Å². The fourth-order valence-corrected chi connectivity index (χ4v) is 2.18. The zero-order chi connectivity index (χ0) is 13.4. The van der Waals surface area contributed by atoms with Gasteiger partial charge >= 0.3 is 0 Å². The number of fused-ring (bicyclic) bond motifs is 1. The standard InChI is InChI=1S/C12H10N4O3/c17-6-7-3-4-16-9(5-7)14-15-11(16)8-1-2-10(18)13-12(8)19/h3-6,8H,1-2H2,(H,13,18,19). The van der Waals surface area contributed by atoms with Gasteiger partial charge in [0.1, 0.15) is 12.1 Å². The maximum Gasteiger partial charge on any atom is 0.237 e. The lowest BCUT2D eigenvalue weighted by molar-refractivity contribution is -0.134. The van der Waals surface area contributed by atoms with Crippen molar-refractivity contribution in [2.45, 2.75) is 18.8 Å². The molecular formula is C12H10N4O3. The summed E-state index contributed by atoms with van der Waals surface area (Å²) >= 11 is 0. The molecule has 0 saturated carbocycles. The third kappa shape index (κ3) is 1.88. The number of carbonyl (C=O) groups excluding carboxylic acids is 3. The molecular weight excluding hydrogens is 248 g/mol. The second-order valence-corrected chi connectivity index (χ2v) is 4.37. The fourth-order valence-electron chi connectivity index (χ4n) is 2.18. The molecule has 1 aliphatic rings. The number of aldehydes is 1. The lowest BCUT2D eigenvalue weighted by atomic mass is 9.97. The monoisotopic (exact) mass is 258 g/mol. The summed E-state index contributed by atoms with van der Waals surface area (Å²) in [5.74, 6) is -0.629. The Hall–Kier alpha value is -2.57. The summed E-state index contributed by atoms with van der Waals surface area (Å²) in [6.07, 6.45) is 3.08. The molecule has 3 heterocycles. The van der Waals surface area contributed by atoms with Crippen LogP contribution in [0.4, 0.5) is 0 Å². The van der Waals surface area contributed by atoms with Crippen LogP contribution in [0.1, 0.15) is 34.9 Å². The zero-order valence-electron chi connectivity index (χ0n) is 9.87. The Labute approximate surface area is 107 Å². The highest BCUT2D eigenvalue weighted by atomic mass is 16.2. The molecule has 1 N–H and O–H groups in total. The molecule has 0 aromatic carbocycles. The average molecular weight is 258 g/mol. The van der Waals surface area contributed by atoms with Crippen LogP contribution in [0, 0.1) is 0 Å². The number of carbonyl (C=O) groups is 3. The smallest absolute Gasteiger partial charge is 0.237 e. The van der Waals surface area contributed by atoms with Crippen LogP contribution in [0.15, 0.2) is 18.3 Å². The molecule has 7 nitrogen and oxygen atoms in total. The van der Waals surface area contributed by atoms with Gasteiger partial charge in [-0.15, -0.1) is 10.2 Å². The van der Waals surface area contributed by atoms with Crippen LogP contribution in [-0.4, -0.2) is 32.7 Å². The Balaban J connectivity index is 2.03. The number of aromatic nitrogens is 3. The molecule has 1 unspecified atom stereocenters. The first kappa shape index (κ1) is 11.5. The van der Waals surface area contributed by atoms with Crippen LogP contribution >= 0.6 is 0 Å². The molecule has 0 aliphatic carbocycles. The minimum absolute atomic E-state index is 0.265. The van der Waals surface area contributed by atoms with Crippen molar-refractivity contribution < 1.29 is 14.4 Å². The summed E-state index contributed by atoms with van der Waals surface area (Å²) < 4.78 is 1.66. The van der Waals surface area contributed by atoms with Crippen molar-refractivity contribution in [2.24, 2.45) is 0 Å². The minimum atomic E-state index is -0.491. The van der Waals surface area contributed by atoms with E-state index in [0.29, 0.717) is 23.5 Å². The third-order valence-corrected chi connectivity index (χ3v) is 3.15. The lowest BCUT2D eigenvalue weighted by Crippen LogP contribution is -2.40. The number of piperidine rings is 1. The molecule has 2 aromatic heterocycles. The molecule has 0 bridgehead atoms. The molecule has 1 saturated heterocycles. The average Bonchev–Trinajstić information content (AvgIpc) is 2.81. The van der Waals surface area contributed by atoms with Crippen molar-refractivity contribution in [1.82, 2.24) is 19.9 Å². The second kappa shape index (κ2) is 4.27. The van der Waals surface area contributed by atoms with E-state index in [0.717, 1.165) is 6.29 Å². The number of hydrogen-bond donors (Lipinski definition) is 1. The van der Waals surface area contributed by atoms with E-state index >= 15 is 0 Å². The molecule has 7 heteroatoms. The fraction of sp³-hybridized carbons (Fsp3) is 0.250. The summed E-state index contributed by atoms with van der Waals surface area (Å²) in [6, 6.07) is 3.22. The molecule has 0 radical (unpaired) electrons. The van der Waals surface area contributed by atoms with Gasteiger partial charge in [-0.3, -0.25) is 24.1 Å². The van der Waals surface area contributed by atoms with Crippen molar-refractivity contribution in [2.75, 3.05) is 0 Å². The highest BCUT2D eigenvalue weighted by molar-refractivity contribution is 6.00. The lowest BCUT2D eigenvalue weighted by Gasteiger charge is -2.19. The highest BCUT2D eigenvalue weighted by Crippen LogP contribution is 2.23. The van der Waals surface area contributed by atoms with Crippen LogP contribution in [0.5, 0.6) is 0 Å². The first-order valence-electron chi connectivity index (χ1n) is 5.82. The van der Waals surface area contributed by atoms with Gasteiger partial charge in [-0.2, -0.15) is 0 Å². The van der Waals surface area contributed by atoms with Gasteiger partial charge in [0.05, 0.1) is 5.92 Å². The van der Waals surface area contributed by atoms with E-state index in [2.05, 4.69) is 15.5 Å². The number of imide groups is 1. The Bertz CT molecular complexity index is 691. The molecule has 3 rings (SSSR count). The van der Waals surface area contributed by atoms with Gasteiger partial charge in [-0.05, 0) is 18.6 Å². The van der Waals surface area contributed by atoms with E-state index in [4.69, 9.17) is 0 Å². The van der Waals surface area contributed by atoms with E-state index in [1.165, 1.54) is 0 Å². The molecule has 1 atom stereocenters. The quantitative estimate of drug-likeness (QED) is 0.607. The van der Waals surface area contributed by atoms with Gasteiger partial charge in [0.25, 0.3) is 0 Å². The summed E-state index contributed by atoms with van der Waals surface area (Å²) in [4.78, 5) is 33.6. The predicted octanol–water partition coefficient (Wildman–Crippen LogP) is 0.0620. The number of hydrogen-bond acceptors (Lipinski definition) is 5. The topological polar surface area (TPSA) is 93.4 Å². The van der Waals surface area contributed by atoms with Gasteiger partial charge in [0, 0.05) is 18.2 Å². The largest absolute Gasteiger partial charge is 0.298 e. The van der Waals surface area contributed by atoms with E-state index < -0.39 is 5.92 Å². The van der Waals surface area contributed by atoms with Crippen LogP contribution in [0.25, 0.3) is 5.65 Å². The minimum Gasteiger partial charge on any atom is -0.298 e. The van der Waals surface area contributed by atoms with E-state index in [9.17, 15) is 14.4 Å². The normalized spacial score (nSPS) is 19.5. The summed E-state index contributed by atoms with van der Waals surface area (Å²) in [5.41, 5.74) is 0.999. The van der Waals surface area contributed by atoms with Crippen molar-refractivity contribution in [1.29, 1.82) is 0 Å². The molecule has 2 amide bonds. The summed E-state index contributed by atoms with van der Waals surface area (Å²) in [5, 5.41) is 10.2. The van der Waals surface area contributed by atoms with Crippen LogP contribution in [0.2, 0.25) is 0 Å². The first-order valence-corrected chi connectivity index (χ1v) is 5.82. The number of nitrogens with one attached hydrogen (secondary N) is 1. The Morgan fingerprint density at radius 2 is 2.21 bits per heavy atom. The predicted molar refractivity (Wildman–Crippen MR) is 63.5 cm³/mol. The molecule has 1 aliphatic heterocycles. The van der Waals surface area contributed by atoms with Gasteiger partial charge in [-0.1, -0.05) is 0 Å². The number of rotatable bonds is 2. The van der Waals surface area contributed by atoms with Crippen LogP contribution < -0.4 is 5.32 Å². The SMILES string of the molecule is O=Cc1ccn2c(C3CCC(=O)NC3=O)nnc2c1. The molecule has 19 heavy (non-hydrogen) atoms. The number of nitrogens with zero attached hydrogens (tertiary/aromatic N) is 3. The van der Waals surface area contributed by atoms with Crippen molar-refractivity contribution >= 4 is 23.7 Å². The second-order valence-electron chi connectivity index (χ2n) is 4.37. The Morgan fingerprint density at radius 1 is 1.37 bits per heavy atom. The number of pyridine rings is 1. The van der Waals surface area contributed by atoms with Gasteiger partial charge < -0.3 is 0 Å². The Kier molecular flexibility index (Phi) is 2.59. The van der Waals surface area contributed by atoms with Crippen molar-refractivity contribution in [3.05, 3.63) is 29.7 Å². The molecule has 96 valence electrons. The summed E-state index contributed by atoms with van der Waals surface area (Å²) in [7, 11) is 0. The van der Waals surface area contributed by atoms with Crippen LogP contribution in [-0.2, 0) is 9.59 Å². The number of amides is 2. The molecule has 2 aromatic rings. The Morgan fingerprint density at radius 3 is 2.95 bits per heavy atom. The maximum atomic E-state index is 11.8. The van der Waals surface area contributed by atoms with Gasteiger partial charge in [0.15, 0.2) is 5.65 Å². The van der Waals surface area contributed by atoms with E-state index in [1.807, 2.05) is 0 Å². The van der Waals surface area contributed by atoms with Crippen molar-refractivity contribution in [3.63, 3.8) is 0 Å². The van der Waals surface area contributed by atoms with Gasteiger partial charge in [-0.25, -0.2) is 0 Å². The molecule has 1 fully saturated rings. The third-order valence-electron chi connectivity index (χ3n) is 3.15. The highest BCUT2D eigenvalue weighted by Gasteiger charge is 2.31. The zero-order valence-corrected chi connectivity index (χ0v) is 9.87. The van der Waals surface area contributed by atoms with E-state index in [1.54, 1.807) is 22.7 Å². The molecule has 0 spiro atoms. The van der Waals surface area contributed by atoms with Crippen LogP contribution in [0.3, 0.4) is 0 Å². The summed E-state index contributed by atoms with van der Waals surface area (Å²) in [6.45, 7) is 0.